The van der Waals surface area contributed by atoms with E-state index in [-0.39, 0.29) is 11.2 Å². The van der Waals surface area contributed by atoms with E-state index in [1.54, 1.807) is 11.8 Å². The van der Waals surface area contributed by atoms with Crippen LogP contribution in [0.3, 0.4) is 0 Å². The molecule has 2 N–H and O–H groups in total. The Balaban J connectivity index is 1.73. The van der Waals surface area contributed by atoms with E-state index < -0.39 is 0 Å². The highest BCUT2D eigenvalue weighted by Crippen LogP contribution is 2.26. The Hall–Kier alpha value is -1.49. The molecule has 0 bridgehead atoms. The molecule has 1 unspecified atom stereocenters. The third kappa shape index (κ3) is 2.36. The molecule has 18 heavy (non-hydrogen) atoms. The number of aromatic amines is 1. The SMILES string of the molecule is O=C(Nc1nc2ccccc2[nH]1)C1CCCCS1. The largest absolute Gasteiger partial charge is 0.324 e. The lowest BCUT2D eigenvalue weighted by Gasteiger charge is -2.19. The van der Waals surface area contributed by atoms with Crippen molar-refractivity contribution in [2.75, 3.05) is 11.1 Å². The summed E-state index contributed by atoms with van der Waals surface area (Å²) in [5.74, 6) is 1.70. The van der Waals surface area contributed by atoms with Crippen LogP contribution in [-0.4, -0.2) is 26.9 Å². The number of nitrogens with one attached hydrogen (secondary N) is 2. The zero-order valence-electron chi connectivity index (χ0n) is 9.98. The van der Waals surface area contributed by atoms with E-state index in [2.05, 4.69) is 15.3 Å². The highest BCUT2D eigenvalue weighted by Gasteiger charge is 2.22. The fourth-order valence-corrected chi connectivity index (χ4v) is 3.36. The van der Waals surface area contributed by atoms with Crippen LogP contribution in [0, 0.1) is 0 Å². The van der Waals surface area contributed by atoms with Crippen LogP contribution in [0.1, 0.15) is 19.3 Å². The third-order valence-electron chi connectivity index (χ3n) is 3.10. The molecular weight excluding hydrogens is 246 g/mol. The van der Waals surface area contributed by atoms with E-state index in [1.165, 1.54) is 6.42 Å². The number of thioether (sulfide) groups is 1. The molecule has 1 amide bonds. The molecule has 2 aromatic rings. The van der Waals surface area contributed by atoms with Crippen molar-refractivity contribution in [3.63, 3.8) is 0 Å². The lowest BCUT2D eigenvalue weighted by atomic mass is 10.2. The average Bonchev–Trinajstić information content (AvgIpc) is 2.82. The van der Waals surface area contributed by atoms with Crippen molar-refractivity contribution in [2.45, 2.75) is 24.5 Å². The van der Waals surface area contributed by atoms with Crippen molar-refractivity contribution in [3.8, 4) is 0 Å². The summed E-state index contributed by atoms with van der Waals surface area (Å²) in [6.45, 7) is 0. The summed E-state index contributed by atoms with van der Waals surface area (Å²) < 4.78 is 0. The predicted octanol–water partition coefficient (Wildman–Crippen LogP) is 2.79. The van der Waals surface area contributed by atoms with Gasteiger partial charge in [0, 0.05) is 0 Å². The van der Waals surface area contributed by atoms with Crippen LogP contribution in [0.4, 0.5) is 5.95 Å². The van der Waals surface area contributed by atoms with Gasteiger partial charge in [0.1, 0.15) is 0 Å². The number of para-hydroxylation sites is 2. The number of rotatable bonds is 2. The second kappa shape index (κ2) is 5.02. The number of carbonyl (C=O) groups excluding carboxylic acids is 1. The molecule has 4 nitrogen and oxygen atoms in total. The molecular formula is C13H15N3OS. The summed E-state index contributed by atoms with van der Waals surface area (Å²) in [7, 11) is 0. The quantitative estimate of drug-likeness (QED) is 0.874. The fraction of sp³-hybridized carbons (Fsp3) is 0.385. The normalized spacial score (nSPS) is 19.9. The molecule has 1 aromatic heterocycles. The Bertz CT molecular complexity index is 527. The number of aromatic nitrogens is 2. The Morgan fingerprint density at radius 2 is 2.28 bits per heavy atom. The lowest BCUT2D eigenvalue weighted by molar-refractivity contribution is -0.115. The van der Waals surface area contributed by atoms with Gasteiger partial charge in [-0.3, -0.25) is 10.1 Å². The minimum Gasteiger partial charge on any atom is -0.324 e. The number of imidazole rings is 1. The molecule has 1 saturated heterocycles. The first-order chi connectivity index (χ1) is 8.83. The zero-order chi connectivity index (χ0) is 12.4. The first kappa shape index (κ1) is 11.6. The highest BCUT2D eigenvalue weighted by atomic mass is 32.2. The first-order valence-corrected chi connectivity index (χ1v) is 7.25. The fourth-order valence-electron chi connectivity index (χ4n) is 2.16. The number of hydrogen-bond donors (Lipinski definition) is 2. The third-order valence-corrected chi connectivity index (χ3v) is 4.48. The Labute approximate surface area is 110 Å². The molecule has 0 radical (unpaired) electrons. The van der Waals surface area contributed by atoms with Gasteiger partial charge >= 0.3 is 0 Å². The Morgan fingerprint density at radius 1 is 1.39 bits per heavy atom. The van der Waals surface area contributed by atoms with Gasteiger partial charge in [0.2, 0.25) is 11.9 Å². The predicted molar refractivity (Wildman–Crippen MR) is 74.8 cm³/mol. The molecule has 0 saturated carbocycles. The molecule has 1 fully saturated rings. The highest BCUT2D eigenvalue weighted by molar-refractivity contribution is 8.00. The van der Waals surface area contributed by atoms with Crippen LogP contribution in [0.2, 0.25) is 0 Å². The molecule has 1 atom stereocenters. The minimum atomic E-state index is 0.0683. The zero-order valence-corrected chi connectivity index (χ0v) is 10.8. The van der Waals surface area contributed by atoms with E-state index in [0.717, 1.165) is 29.6 Å². The standard InChI is InChI=1S/C13H15N3OS/c17-12(11-7-3-4-8-18-11)16-13-14-9-5-1-2-6-10(9)15-13/h1-2,5-6,11H,3-4,7-8H2,(H2,14,15,16,17). The van der Waals surface area contributed by atoms with Crippen LogP contribution in [0.25, 0.3) is 11.0 Å². The van der Waals surface area contributed by atoms with Gasteiger partial charge in [-0.25, -0.2) is 4.98 Å². The number of carbonyl (C=O) groups is 1. The van der Waals surface area contributed by atoms with Crippen LogP contribution < -0.4 is 5.32 Å². The summed E-state index contributed by atoms with van der Waals surface area (Å²) >= 11 is 1.74. The van der Waals surface area contributed by atoms with Gasteiger partial charge in [-0.1, -0.05) is 18.6 Å². The number of fused-ring (bicyclic) bond motifs is 1. The van der Waals surface area contributed by atoms with Crippen LogP contribution in [0.5, 0.6) is 0 Å². The Morgan fingerprint density at radius 3 is 3.06 bits per heavy atom. The molecule has 1 aliphatic heterocycles. The van der Waals surface area contributed by atoms with Crippen molar-refractivity contribution in [1.82, 2.24) is 9.97 Å². The number of amides is 1. The van der Waals surface area contributed by atoms with E-state index in [9.17, 15) is 4.79 Å². The summed E-state index contributed by atoms with van der Waals surface area (Å²) in [6, 6.07) is 7.76. The number of anilines is 1. The smallest absolute Gasteiger partial charge is 0.239 e. The molecule has 1 aliphatic rings. The van der Waals surface area contributed by atoms with Gasteiger partial charge in [-0.05, 0) is 30.7 Å². The molecule has 94 valence electrons. The van der Waals surface area contributed by atoms with Gasteiger partial charge in [0.05, 0.1) is 16.3 Å². The topological polar surface area (TPSA) is 57.8 Å². The van der Waals surface area contributed by atoms with E-state index >= 15 is 0 Å². The second-order valence-electron chi connectivity index (χ2n) is 4.45. The molecule has 0 spiro atoms. The van der Waals surface area contributed by atoms with Gasteiger partial charge < -0.3 is 4.98 Å². The molecule has 2 heterocycles. The van der Waals surface area contributed by atoms with Crippen molar-refractivity contribution in [1.29, 1.82) is 0 Å². The van der Waals surface area contributed by atoms with Gasteiger partial charge in [-0.2, -0.15) is 0 Å². The van der Waals surface area contributed by atoms with E-state index in [1.807, 2.05) is 24.3 Å². The molecule has 5 heteroatoms. The van der Waals surface area contributed by atoms with Crippen molar-refractivity contribution in [3.05, 3.63) is 24.3 Å². The van der Waals surface area contributed by atoms with Crippen LogP contribution in [-0.2, 0) is 4.79 Å². The first-order valence-electron chi connectivity index (χ1n) is 6.20. The maximum atomic E-state index is 12.1. The summed E-state index contributed by atoms with van der Waals surface area (Å²) in [5.41, 5.74) is 1.83. The second-order valence-corrected chi connectivity index (χ2v) is 5.76. The van der Waals surface area contributed by atoms with Crippen LogP contribution in [0.15, 0.2) is 24.3 Å². The minimum absolute atomic E-state index is 0.0683. The summed E-state index contributed by atoms with van der Waals surface area (Å²) in [6.07, 6.45) is 3.33. The Kier molecular flexibility index (Phi) is 3.23. The van der Waals surface area contributed by atoms with Gasteiger partial charge in [0.15, 0.2) is 0 Å². The van der Waals surface area contributed by atoms with E-state index in [4.69, 9.17) is 0 Å². The van der Waals surface area contributed by atoms with Gasteiger partial charge in [0.25, 0.3) is 0 Å². The van der Waals surface area contributed by atoms with Gasteiger partial charge in [-0.15, -0.1) is 11.8 Å². The summed E-state index contributed by atoms with van der Waals surface area (Å²) in [4.78, 5) is 19.5. The molecule has 0 aliphatic carbocycles. The monoisotopic (exact) mass is 261 g/mol. The maximum Gasteiger partial charge on any atom is 0.239 e. The number of nitrogens with zero attached hydrogens (tertiary/aromatic N) is 1. The average molecular weight is 261 g/mol. The van der Waals surface area contributed by atoms with Crippen LogP contribution >= 0.6 is 11.8 Å². The molecule has 3 rings (SSSR count). The number of H-pyrrole nitrogens is 1. The van der Waals surface area contributed by atoms with Crippen molar-refractivity contribution in [2.24, 2.45) is 0 Å². The van der Waals surface area contributed by atoms with E-state index in [0.29, 0.717) is 5.95 Å². The molecule has 1 aromatic carbocycles. The summed E-state index contributed by atoms with van der Waals surface area (Å²) in [5, 5.41) is 2.95. The number of hydrogen-bond acceptors (Lipinski definition) is 3. The number of benzene rings is 1. The maximum absolute atomic E-state index is 12.1. The van der Waals surface area contributed by atoms with Crippen molar-refractivity contribution < 1.29 is 4.79 Å². The van der Waals surface area contributed by atoms with Crippen molar-refractivity contribution >= 4 is 34.7 Å². The lowest BCUT2D eigenvalue weighted by Crippen LogP contribution is -2.27.